The Morgan fingerprint density at radius 3 is 2.33 bits per heavy atom. The van der Waals surface area contributed by atoms with Crippen LogP contribution < -0.4 is 16.0 Å². The van der Waals surface area contributed by atoms with Crippen LogP contribution in [0, 0.1) is 5.41 Å². The Labute approximate surface area is 166 Å². The monoisotopic (exact) mass is 454 g/mol. The molecule has 1 fully saturated rings. The van der Waals surface area contributed by atoms with Crippen LogP contribution in [-0.2, 0) is 4.74 Å². The molecule has 0 unspecified atom stereocenters. The normalized spacial score (nSPS) is 17.5. The molecule has 0 aromatic heterocycles. The second-order valence-electron chi connectivity index (χ2n) is 7.68. The second-order valence-corrected chi connectivity index (χ2v) is 7.68. The van der Waals surface area contributed by atoms with Crippen molar-refractivity contribution in [2.75, 3.05) is 39.9 Å². The predicted molar refractivity (Wildman–Crippen MR) is 115 cm³/mol. The molecular formula is C18H39IN4O. The van der Waals surface area contributed by atoms with E-state index in [1.807, 2.05) is 7.05 Å². The van der Waals surface area contributed by atoms with Gasteiger partial charge < -0.3 is 20.7 Å². The van der Waals surface area contributed by atoms with Crippen molar-refractivity contribution >= 4 is 29.9 Å². The van der Waals surface area contributed by atoms with Crippen molar-refractivity contribution in [2.45, 2.75) is 65.3 Å². The van der Waals surface area contributed by atoms with Gasteiger partial charge in [0.15, 0.2) is 5.96 Å². The Morgan fingerprint density at radius 2 is 1.79 bits per heavy atom. The number of nitrogens with one attached hydrogen (secondary N) is 3. The van der Waals surface area contributed by atoms with Crippen LogP contribution in [0.2, 0.25) is 0 Å². The molecule has 0 aromatic carbocycles. The van der Waals surface area contributed by atoms with E-state index in [1.165, 1.54) is 25.7 Å². The van der Waals surface area contributed by atoms with Crippen molar-refractivity contribution in [3.63, 3.8) is 0 Å². The van der Waals surface area contributed by atoms with Gasteiger partial charge in [0, 0.05) is 45.4 Å². The highest BCUT2D eigenvalue weighted by atomic mass is 127. The molecule has 24 heavy (non-hydrogen) atoms. The number of halogens is 1. The summed E-state index contributed by atoms with van der Waals surface area (Å²) in [6.07, 6.45) is 6.44. The van der Waals surface area contributed by atoms with Crippen LogP contribution in [0.5, 0.6) is 0 Å². The fourth-order valence-electron chi connectivity index (χ4n) is 3.18. The zero-order chi connectivity index (χ0) is 17.2. The Kier molecular flexibility index (Phi) is 12.3. The Balaban J connectivity index is 0.00000529. The van der Waals surface area contributed by atoms with Gasteiger partial charge >= 0.3 is 0 Å². The highest BCUT2D eigenvalue weighted by Crippen LogP contribution is 2.40. The summed E-state index contributed by atoms with van der Waals surface area (Å²) in [6.45, 7) is 13.1. The molecule has 0 bridgehead atoms. The van der Waals surface area contributed by atoms with Gasteiger partial charge in [-0.3, -0.25) is 4.99 Å². The molecule has 1 aliphatic carbocycles. The highest BCUT2D eigenvalue weighted by molar-refractivity contribution is 14.0. The molecule has 144 valence electrons. The van der Waals surface area contributed by atoms with Gasteiger partial charge in [-0.25, -0.2) is 0 Å². The van der Waals surface area contributed by atoms with E-state index in [2.05, 4.69) is 48.6 Å². The molecule has 0 saturated heterocycles. The van der Waals surface area contributed by atoms with Gasteiger partial charge in [-0.2, -0.15) is 0 Å². The summed E-state index contributed by atoms with van der Waals surface area (Å²) < 4.78 is 5.58. The molecule has 1 rings (SSSR count). The van der Waals surface area contributed by atoms with Crippen LogP contribution in [0.1, 0.15) is 59.8 Å². The van der Waals surface area contributed by atoms with Crippen molar-refractivity contribution < 1.29 is 4.74 Å². The van der Waals surface area contributed by atoms with Crippen molar-refractivity contribution in [3.05, 3.63) is 0 Å². The van der Waals surface area contributed by atoms with Gasteiger partial charge in [0.2, 0.25) is 0 Å². The lowest BCUT2D eigenvalue weighted by Crippen LogP contribution is -2.46. The zero-order valence-corrected chi connectivity index (χ0v) is 18.7. The number of rotatable bonds is 9. The average molecular weight is 454 g/mol. The molecule has 0 aromatic rings. The van der Waals surface area contributed by atoms with Crippen molar-refractivity contribution in [3.8, 4) is 0 Å². The molecule has 1 saturated carbocycles. The minimum Gasteiger partial charge on any atom is -0.382 e. The fourth-order valence-corrected chi connectivity index (χ4v) is 3.18. The van der Waals surface area contributed by atoms with Gasteiger partial charge in [0.05, 0.1) is 0 Å². The van der Waals surface area contributed by atoms with Gasteiger partial charge in [-0.1, -0.05) is 12.8 Å². The van der Waals surface area contributed by atoms with Crippen LogP contribution in [0.4, 0.5) is 0 Å². The molecule has 0 heterocycles. The van der Waals surface area contributed by atoms with E-state index < -0.39 is 0 Å². The molecule has 6 heteroatoms. The Bertz CT molecular complexity index is 349. The molecule has 1 aliphatic rings. The van der Waals surface area contributed by atoms with Crippen molar-refractivity contribution in [1.82, 2.24) is 16.0 Å². The molecule has 0 spiro atoms. The topological polar surface area (TPSA) is 57.7 Å². The van der Waals surface area contributed by atoms with E-state index in [0.29, 0.717) is 5.41 Å². The Hall–Kier alpha value is -0.0800. The van der Waals surface area contributed by atoms with Gasteiger partial charge in [-0.15, -0.1) is 24.0 Å². The number of guanidine groups is 1. The number of ether oxygens (including phenoxy) is 1. The third-order valence-electron chi connectivity index (χ3n) is 4.57. The van der Waals surface area contributed by atoms with Crippen molar-refractivity contribution in [1.29, 1.82) is 0 Å². The average Bonchev–Trinajstić information content (AvgIpc) is 2.95. The zero-order valence-electron chi connectivity index (χ0n) is 16.3. The third kappa shape index (κ3) is 10.0. The summed E-state index contributed by atoms with van der Waals surface area (Å²) in [4.78, 5) is 4.35. The van der Waals surface area contributed by atoms with E-state index in [1.54, 1.807) is 0 Å². The first kappa shape index (κ1) is 23.9. The summed E-state index contributed by atoms with van der Waals surface area (Å²) in [6, 6.07) is 0. The molecular weight excluding hydrogens is 415 g/mol. The summed E-state index contributed by atoms with van der Waals surface area (Å²) in [5.41, 5.74) is 0.544. The number of hydrogen-bond donors (Lipinski definition) is 3. The van der Waals surface area contributed by atoms with Crippen LogP contribution >= 0.6 is 24.0 Å². The van der Waals surface area contributed by atoms with Gasteiger partial charge in [-0.05, 0) is 52.4 Å². The summed E-state index contributed by atoms with van der Waals surface area (Å²) in [5.74, 6) is 0.906. The fraction of sp³-hybridized carbons (Fsp3) is 0.944. The minimum absolute atomic E-state index is 0. The minimum atomic E-state index is 0. The Morgan fingerprint density at radius 1 is 1.12 bits per heavy atom. The smallest absolute Gasteiger partial charge is 0.191 e. The van der Waals surface area contributed by atoms with E-state index in [0.717, 1.165) is 45.2 Å². The second kappa shape index (κ2) is 12.3. The predicted octanol–water partition coefficient (Wildman–Crippen LogP) is 3.14. The van der Waals surface area contributed by atoms with E-state index in [-0.39, 0.29) is 29.5 Å². The lowest BCUT2D eigenvalue weighted by molar-refractivity contribution is 0.105. The quantitative estimate of drug-likeness (QED) is 0.217. The molecule has 0 atom stereocenters. The third-order valence-corrected chi connectivity index (χ3v) is 4.57. The van der Waals surface area contributed by atoms with Gasteiger partial charge in [0.1, 0.15) is 0 Å². The van der Waals surface area contributed by atoms with E-state index in [9.17, 15) is 0 Å². The number of nitrogens with zero attached hydrogens (tertiary/aromatic N) is 1. The summed E-state index contributed by atoms with van der Waals surface area (Å²) >= 11 is 0. The lowest BCUT2D eigenvalue weighted by atomic mass is 9.83. The summed E-state index contributed by atoms with van der Waals surface area (Å²) in [5, 5.41) is 10.4. The van der Waals surface area contributed by atoms with E-state index in [4.69, 9.17) is 4.74 Å². The lowest BCUT2D eigenvalue weighted by Gasteiger charge is -2.30. The highest BCUT2D eigenvalue weighted by Gasteiger charge is 2.33. The molecule has 5 nitrogen and oxygen atoms in total. The van der Waals surface area contributed by atoms with Crippen LogP contribution in [0.25, 0.3) is 0 Å². The van der Waals surface area contributed by atoms with E-state index >= 15 is 0 Å². The molecule has 3 N–H and O–H groups in total. The largest absolute Gasteiger partial charge is 0.382 e. The maximum atomic E-state index is 5.58. The maximum absolute atomic E-state index is 5.58. The van der Waals surface area contributed by atoms with Crippen LogP contribution in [-0.4, -0.2) is 51.4 Å². The van der Waals surface area contributed by atoms with Gasteiger partial charge in [0.25, 0.3) is 0 Å². The first-order chi connectivity index (χ1) is 10.9. The van der Waals surface area contributed by atoms with Crippen LogP contribution in [0.15, 0.2) is 4.99 Å². The van der Waals surface area contributed by atoms with Crippen molar-refractivity contribution in [2.24, 2.45) is 10.4 Å². The molecule has 0 aliphatic heterocycles. The molecule has 0 amide bonds. The summed E-state index contributed by atoms with van der Waals surface area (Å²) in [7, 11) is 1.84. The SMILES string of the molecule is CCOCCC1(CNC(=NC)NCCNC(C)(C)C)CCCC1.I. The number of hydrogen-bond acceptors (Lipinski definition) is 3. The first-order valence-electron chi connectivity index (χ1n) is 9.18. The van der Waals surface area contributed by atoms with Crippen LogP contribution in [0.3, 0.4) is 0 Å². The first-order valence-corrected chi connectivity index (χ1v) is 9.18. The standard InChI is InChI=1S/C18H38N4O.HI/c1-6-23-14-11-18(9-7-8-10-18)15-21-16(19-5)20-12-13-22-17(2,3)4;/h22H,6-15H2,1-5H3,(H2,19,20,21);1H. The number of aliphatic imine (C=N–C) groups is 1. The molecule has 0 radical (unpaired) electrons. The maximum Gasteiger partial charge on any atom is 0.191 e.